The second-order valence-corrected chi connectivity index (χ2v) is 7.42. The number of pyridine rings is 1. The fourth-order valence-electron chi connectivity index (χ4n) is 4.71. The van der Waals surface area contributed by atoms with Gasteiger partial charge in [-0.1, -0.05) is 19.1 Å². The summed E-state index contributed by atoms with van der Waals surface area (Å²) in [7, 11) is 0. The number of rotatable bonds is 4. The number of carbonyl (C=O) groups is 2. The van der Waals surface area contributed by atoms with Gasteiger partial charge in [0.1, 0.15) is 0 Å². The number of allylic oxidation sites excluding steroid dienone is 1. The molecule has 0 spiro atoms. The number of aromatic nitrogens is 1. The molecule has 3 atom stereocenters. The highest BCUT2D eigenvalue weighted by molar-refractivity contribution is 6.01. The highest BCUT2D eigenvalue weighted by Crippen LogP contribution is 2.39. The summed E-state index contributed by atoms with van der Waals surface area (Å²) >= 11 is 0. The number of amides is 1. The third-order valence-electron chi connectivity index (χ3n) is 5.85. The lowest BCUT2D eigenvalue weighted by molar-refractivity contribution is -0.135. The van der Waals surface area contributed by atoms with E-state index in [1.165, 1.54) is 0 Å². The predicted molar refractivity (Wildman–Crippen MR) is 97.6 cm³/mol. The smallest absolute Gasteiger partial charge is 0.222 e. The normalized spacial score (nSPS) is 26.6. The van der Waals surface area contributed by atoms with Gasteiger partial charge in [-0.05, 0) is 32.6 Å². The van der Waals surface area contributed by atoms with E-state index in [-0.39, 0.29) is 11.7 Å². The van der Waals surface area contributed by atoms with E-state index in [9.17, 15) is 9.59 Å². The van der Waals surface area contributed by atoms with Crippen LogP contribution >= 0.6 is 0 Å². The van der Waals surface area contributed by atoms with Gasteiger partial charge in [-0.3, -0.25) is 14.6 Å². The van der Waals surface area contributed by atoms with Gasteiger partial charge in [-0.25, -0.2) is 0 Å². The molecule has 4 rings (SSSR count). The van der Waals surface area contributed by atoms with Crippen molar-refractivity contribution in [1.82, 2.24) is 9.88 Å². The van der Waals surface area contributed by atoms with Crippen LogP contribution in [0.4, 0.5) is 5.69 Å². The lowest BCUT2D eigenvalue weighted by atomic mass is 9.95. The van der Waals surface area contributed by atoms with Crippen LogP contribution in [0.25, 0.3) is 6.08 Å². The summed E-state index contributed by atoms with van der Waals surface area (Å²) in [6.45, 7) is 3.54. The van der Waals surface area contributed by atoms with Crippen LogP contribution < -0.4 is 5.32 Å². The van der Waals surface area contributed by atoms with Crippen LogP contribution in [-0.2, 0) is 11.2 Å². The molecule has 0 aromatic carbocycles. The molecule has 5 heteroatoms. The standard InChI is InChI=1S/C20H25N3O2/c1-3-19(25)23-14-7-8-15(23)10-13(9-14)22-20-16-5-4-6-18(16)21-11-17(20)12(2)24/h4-5,11,13-15H,3,6-10H2,1-2H3,(H,21,22)/t13?,14-,15+. The van der Waals surface area contributed by atoms with Gasteiger partial charge in [-0.2, -0.15) is 0 Å². The Morgan fingerprint density at radius 3 is 2.64 bits per heavy atom. The molecule has 1 unspecified atom stereocenters. The fraction of sp³-hybridized carbons (Fsp3) is 0.550. The zero-order valence-corrected chi connectivity index (χ0v) is 14.9. The summed E-state index contributed by atoms with van der Waals surface area (Å²) in [6, 6.07) is 0.988. The topological polar surface area (TPSA) is 62.3 Å². The third-order valence-corrected chi connectivity index (χ3v) is 5.85. The van der Waals surface area contributed by atoms with Crippen molar-refractivity contribution in [3.05, 3.63) is 29.1 Å². The molecule has 1 aliphatic carbocycles. The molecular weight excluding hydrogens is 314 g/mol. The van der Waals surface area contributed by atoms with Crippen molar-refractivity contribution in [2.24, 2.45) is 0 Å². The molecule has 3 aliphatic rings. The number of ketones is 1. The summed E-state index contributed by atoms with van der Waals surface area (Å²) in [5.74, 6) is 0.322. The van der Waals surface area contributed by atoms with Crippen molar-refractivity contribution in [3.8, 4) is 0 Å². The summed E-state index contributed by atoms with van der Waals surface area (Å²) in [6.07, 6.45) is 11.4. The minimum atomic E-state index is 0.0414. The molecule has 0 radical (unpaired) electrons. The number of nitrogens with zero attached hydrogens (tertiary/aromatic N) is 2. The average molecular weight is 339 g/mol. The predicted octanol–water partition coefficient (Wildman–Crippen LogP) is 3.20. The number of hydrogen-bond acceptors (Lipinski definition) is 4. The number of anilines is 1. The molecule has 2 bridgehead atoms. The van der Waals surface area contributed by atoms with Crippen molar-refractivity contribution >= 4 is 23.5 Å². The van der Waals surface area contributed by atoms with E-state index in [1.54, 1.807) is 13.1 Å². The Hall–Kier alpha value is -2.17. The second-order valence-electron chi connectivity index (χ2n) is 7.42. The number of fused-ring (bicyclic) bond motifs is 3. The number of carbonyl (C=O) groups excluding carboxylic acids is 2. The number of nitrogens with one attached hydrogen (secondary N) is 1. The zero-order chi connectivity index (χ0) is 17.6. The minimum absolute atomic E-state index is 0.0414. The molecule has 5 nitrogen and oxygen atoms in total. The van der Waals surface area contributed by atoms with Crippen LogP contribution in [0.1, 0.15) is 67.6 Å². The molecule has 1 aromatic heterocycles. The highest BCUT2D eigenvalue weighted by Gasteiger charge is 2.42. The number of Topliss-reactive ketones (excluding diaryl/α,β-unsaturated/α-hetero) is 1. The molecule has 2 saturated heterocycles. The summed E-state index contributed by atoms with van der Waals surface area (Å²) in [5, 5.41) is 3.66. The summed E-state index contributed by atoms with van der Waals surface area (Å²) in [4.78, 5) is 30.9. The van der Waals surface area contributed by atoms with Gasteiger partial charge in [0.05, 0.1) is 16.9 Å². The molecule has 1 N–H and O–H groups in total. The zero-order valence-electron chi connectivity index (χ0n) is 14.9. The molecule has 1 amide bonds. The highest BCUT2D eigenvalue weighted by atomic mass is 16.2. The van der Waals surface area contributed by atoms with Gasteiger partial charge in [0.25, 0.3) is 0 Å². The van der Waals surface area contributed by atoms with Crippen molar-refractivity contribution < 1.29 is 9.59 Å². The molecular formula is C20H25N3O2. The molecule has 2 aliphatic heterocycles. The first kappa shape index (κ1) is 16.3. The number of hydrogen-bond donors (Lipinski definition) is 1. The van der Waals surface area contributed by atoms with Crippen molar-refractivity contribution in [3.63, 3.8) is 0 Å². The first-order chi connectivity index (χ1) is 12.1. The van der Waals surface area contributed by atoms with Gasteiger partial charge in [0, 0.05) is 42.7 Å². The van der Waals surface area contributed by atoms with Gasteiger partial charge >= 0.3 is 0 Å². The quantitative estimate of drug-likeness (QED) is 0.856. The van der Waals surface area contributed by atoms with Crippen molar-refractivity contribution in [2.45, 2.75) is 70.5 Å². The third kappa shape index (κ3) is 2.75. The monoisotopic (exact) mass is 339 g/mol. The van der Waals surface area contributed by atoms with Crippen LogP contribution in [0.2, 0.25) is 0 Å². The van der Waals surface area contributed by atoms with Crippen LogP contribution in [-0.4, -0.2) is 39.7 Å². The Morgan fingerprint density at radius 1 is 1.28 bits per heavy atom. The van der Waals surface area contributed by atoms with Crippen molar-refractivity contribution in [2.75, 3.05) is 5.32 Å². The maximum Gasteiger partial charge on any atom is 0.222 e. The Bertz CT molecular complexity index is 742. The molecule has 25 heavy (non-hydrogen) atoms. The van der Waals surface area contributed by atoms with Crippen molar-refractivity contribution in [1.29, 1.82) is 0 Å². The Kier molecular flexibility index (Phi) is 4.10. The lowest BCUT2D eigenvalue weighted by Gasteiger charge is -2.40. The van der Waals surface area contributed by atoms with Crippen LogP contribution in [0, 0.1) is 0 Å². The largest absolute Gasteiger partial charge is 0.381 e. The maximum absolute atomic E-state index is 12.2. The van der Waals surface area contributed by atoms with Crippen LogP contribution in [0.3, 0.4) is 0 Å². The summed E-state index contributed by atoms with van der Waals surface area (Å²) in [5.41, 5.74) is 3.71. The lowest BCUT2D eigenvalue weighted by Crippen LogP contribution is -2.49. The molecule has 132 valence electrons. The van der Waals surface area contributed by atoms with E-state index in [1.807, 2.05) is 6.92 Å². The van der Waals surface area contributed by atoms with Gasteiger partial charge in [-0.15, -0.1) is 0 Å². The van der Waals surface area contributed by atoms with Crippen LogP contribution in [0.15, 0.2) is 12.3 Å². The number of piperidine rings is 1. The van der Waals surface area contributed by atoms with Gasteiger partial charge < -0.3 is 10.2 Å². The second kappa shape index (κ2) is 6.28. The first-order valence-electron chi connectivity index (χ1n) is 9.35. The van der Waals surface area contributed by atoms with E-state index >= 15 is 0 Å². The Labute approximate surface area is 148 Å². The molecule has 2 fully saturated rings. The van der Waals surface area contributed by atoms with E-state index in [2.05, 4.69) is 27.4 Å². The SMILES string of the molecule is CCC(=O)N1[C@@H]2CC[C@H]1CC(Nc1c(C(C)=O)cnc3c1C=CC3)C2. The van der Waals surface area contributed by atoms with E-state index in [4.69, 9.17) is 0 Å². The van der Waals surface area contributed by atoms with E-state index < -0.39 is 0 Å². The maximum atomic E-state index is 12.2. The Morgan fingerprint density at radius 2 is 2.00 bits per heavy atom. The fourth-order valence-corrected chi connectivity index (χ4v) is 4.71. The van der Waals surface area contributed by atoms with Crippen LogP contribution in [0.5, 0.6) is 0 Å². The van der Waals surface area contributed by atoms with E-state index in [0.29, 0.717) is 30.1 Å². The van der Waals surface area contributed by atoms with Gasteiger partial charge in [0.15, 0.2) is 5.78 Å². The Balaban J connectivity index is 1.59. The average Bonchev–Trinajstić information content (AvgIpc) is 3.17. The first-order valence-corrected chi connectivity index (χ1v) is 9.35. The summed E-state index contributed by atoms with van der Waals surface area (Å²) < 4.78 is 0. The molecule has 3 heterocycles. The minimum Gasteiger partial charge on any atom is -0.381 e. The molecule has 1 aromatic rings. The van der Waals surface area contributed by atoms with E-state index in [0.717, 1.165) is 49.0 Å². The molecule has 0 saturated carbocycles. The van der Waals surface area contributed by atoms with Gasteiger partial charge in [0.2, 0.25) is 5.91 Å².